The fourth-order valence-corrected chi connectivity index (χ4v) is 2.05. The summed E-state index contributed by atoms with van der Waals surface area (Å²) in [4.78, 5) is 16.6. The molecular weight excluding hydrogens is 251 g/mol. The van der Waals surface area contributed by atoms with Crippen LogP contribution in [-0.4, -0.2) is 22.3 Å². The van der Waals surface area contributed by atoms with Gasteiger partial charge in [0.1, 0.15) is 0 Å². The number of nitrogens with zero attached hydrogens (tertiary/aromatic N) is 2. The molecule has 74 valence electrons. The average Bonchev–Trinajstić information content (AvgIpc) is 2.46. The second-order valence-electron chi connectivity index (χ2n) is 3.13. The van der Waals surface area contributed by atoms with Crippen LogP contribution in [0.3, 0.4) is 0 Å². The molecule has 0 spiro atoms. The molecule has 3 nitrogen and oxygen atoms in total. The van der Waals surface area contributed by atoms with Crippen LogP contribution in [0.2, 0.25) is 0 Å². The van der Waals surface area contributed by atoms with Gasteiger partial charge >= 0.3 is 0 Å². The topological polar surface area (TPSA) is 33.2 Å². The fraction of sp³-hybridized carbons (Fsp3) is 0.333. The third kappa shape index (κ3) is 1.64. The molecule has 1 fully saturated rings. The highest BCUT2D eigenvalue weighted by Gasteiger charge is 2.30. The summed E-state index contributed by atoms with van der Waals surface area (Å²) in [6.07, 6.45) is 3.01. The number of amides is 1. The van der Waals surface area contributed by atoms with E-state index in [9.17, 15) is 9.18 Å². The van der Waals surface area contributed by atoms with E-state index in [1.807, 2.05) is 0 Å². The summed E-state index contributed by atoms with van der Waals surface area (Å²) >= 11 is 3.34. The van der Waals surface area contributed by atoms with Gasteiger partial charge in [0, 0.05) is 24.0 Å². The summed E-state index contributed by atoms with van der Waals surface area (Å²) in [7, 11) is 0. The van der Waals surface area contributed by atoms with Crippen LogP contribution in [0.15, 0.2) is 18.5 Å². The summed E-state index contributed by atoms with van der Waals surface area (Å²) in [6.45, 7) is 0.514. The monoisotopic (exact) mass is 258 g/mol. The van der Waals surface area contributed by atoms with Crippen LogP contribution >= 0.6 is 15.9 Å². The standard InChI is InChI=1S/C9H8BrFN2O/c10-6-3-9(14)13(5-6)8-1-2-12-4-7(8)11/h1-2,4,6H,3,5H2. The molecule has 1 aliphatic heterocycles. The smallest absolute Gasteiger partial charge is 0.228 e. The predicted octanol–water partition coefficient (Wildman–Crippen LogP) is 1.72. The van der Waals surface area contributed by atoms with Gasteiger partial charge in [-0.05, 0) is 6.07 Å². The minimum atomic E-state index is -0.456. The van der Waals surface area contributed by atoms with Crippen LogP contribution in [0, 0.1) is 5.82 Å². The molecule has 1 saturated heterocycles. The van der Waals surface area contributed by atoms with Crippen LogP contribution in [0.25, 0.3) is 0 Å². The Kier molecular flexibility index (Phi) is 2.50. The Labute approximate surface area is 89.1 Å². The summed E-state index contributed by atoms with van der Waals surface area (Å²) in [5.74, 6) is -0.514. The van der Waals surface area contributed by atoms with Gasteiger partial charge in [-0.1, -0.05) is 15.9 Å². The largest absolute Gasteiger partial charge is 0.308 e. The van der Waals surface area contributed by atoms with Crippen molar-refractivity contribution in [3.63, 3.8) is 0 Å². The van der Waals surface area contributed by atoms with E-state index >= 15 is 0 Å². The molecule has 0 aliphatic carbocycles. The lowest BCUT2D eigenvalue weighted by Crippen LogP contribution is -2.25. The summed E-state index contributed by atoms with van der Waals surface area (Å²) in [6, 6.07) is 1.51. The minimum Gasteiger partial charge on any atom is -0.308 e. The second kappa shape index (κ2) is 3.65. The van der Waals surface area contributed by atoms with Crippen molar-refractivity contribution in [2.75, 3.05) is 11.4 Å². The van der Waals surface area contributed by atoms with Gasteiger partial charge in [-0.3, -0.25) is 9.78 Å². The van der Waals surface area contributed by atoms with Crippen molar-refractivity contribution in [1.82, 2.24) is 4.98 Å². The Hall–Kier alpha value is -0.970. The number of halogens is 2. The van der Waals surface area contributed by atoms with Crippen LogP contribution in [0.4, 0.5) is 10.1 Å². The lowest BCUT2D eigenvalue weighted by atomic mass is 10.3. The molecule has 14 heavy (non-hydrogen) atoms. The summed E-state index contributed by atoms with van der Waals surface area (Å²) < 4.78 is 13.3. The minimum absolute atomic E-state index is 0.0584. The molecule has 1 aromatic rings. The zero-order valence-electron chi connectivity index (χ0n) is 7.28. The number of carbonyl (C=O) groups excluding carboxylic acids is 1. The molecule has 0 radical (unpaired) electrons. The van der Waals surface area contributed by atoms with Gasteiger partial charge in [-0.25, -0.2) is 4.39 Å². The maximum atomic E-state index is 13.3. The van der Waals surface area contributed by atoms with Crippen LogP contribution in [0.5, 0.6) is 0 Å². The third-order valence-corrected chi connectivity index (χ3v) is 2.73. The summed E-state index contributed by atoms with van der Waals surface area (Å²) in [5.41, 5.74) is 0.312. The number of pyridine rings is 1. The highest BCUT2D eigenvalue weighted by Crippen LogP contribution is 2.26. The zero-order valence-corrected chi connectivity index (χ0v) is 8.87. The number of hydrogen-bond donors (Lipinski definition) is 0. The van der Waals surface area contributed by atoms with Crippen molar-refractivity contribution in [1.29, 1.82) is 0 Å². The van der Waals surface area contributed by atoms with E-state index in [2.05, 4.69) is 20.9 Å². The molecule has 0 saturated carbocycles. The number of aromatic nitrogens is 1. The first kappa shape index (κ1) is 9.58. The second-order valence-corrected chi connectivity index (χ2v) is 4.43. The first-order valence-electron chi connectivity index (χ1n) is 4.22. The molecule has 2 rings (SSSR count). The van der Waals surface area contributed by atoms with Gasteiger partial charge in [-0.15, -0.1) is 0 Å². The van der Waals surface area contributed by atoms with E-state index < -0.39 is 5.82 Å². The Morgan fingerprint density at radius 1 is 1.64 bits per heavy atom. The Morgan fingerprint density at radius 3 is 3.00 bits per heavy atom. The van der Waals surface area contributed by atoms with Crippen molar-refractivity contribution in [3.8, 4) is 0 Å². The van der Waals surface area contributed by atoms with Gasteiger partial charge in [0.25, 0.3) is 0 Å². The van der Waals surface area contributed by atoms with Gasteiger partial charge in [-0.2, -0.15) is 0 Å². The summed E-state index contributed by atoms with van der Waals surface area (Å²) in [5, 5.41) is 0. The van der Waals surface area contributed by atoms with Gasteiger partial charge < -0.3 is 4.90 Å². The number of anilines is 1. The van der Waals surface area contributed by atoms with Gasteiger partial charge in [0.05, 0.1) is 11.9 Å². The number of rotatable bonds is 1. The normalized spacial score (nSPS) is 21.7. The Balaban J connectivity index is 2.32. The quantitative estimate of drug-likeness (QED) is 0.719. The molecule has 1 unspecified atom stereocenters. The van der Waals surface area contributed by atoms with E-state index in [1.54, 1.807) is 0 Å². The third-order valence-electron chi connectivity index (χ3n) is 2.12. The van der Waals surface area contributed by atoms with Crippen molar-refractivity contribution >= 4 is 27.5 Å². The molecule has 0 bridgehead atoms. The lowest BCUT2D eigenvalue weighted by molar-refractivity contribution is -0.117. The van der Waals surface area contributed by atoms with Crippen molar-refractivity contribution in [3.05, 3.63) is 24.3 Å². The Morgan fingerprint density at radius 2 is 2.43 bits per heavy atom. The van der Waals surface area contributed by atoms with E-state index in [4.69, 9.17) is 0 Å². The van der Waals surface area contributed by atoms with E-state index in [-0.39, 0.29) is 10.7 Å². The molecule has 2 heterocycles. The maximum Gasteiger partial charge on any atom is 0.228 e. The van der Waals surface area contributed by atoms with Crippen molar-refractivity contribution < 1.29 is 9.18 Å². The molecule has 5 heteroatoms. The first-order chi connectivity index (χ1) is 6.68. The van der Waals surface area contributed by atoms with Crippen LogP contribution in [-0.2, 0) is 4.79 Å². The first-order valence-corrected chi connectivity index (χ1v) is 5.14. The van der Waals surface area contributed by atoms with E-state index in [1.165, 1.54) is 17.2 Å². The molecule has 1 atom stereocenters. The van der Waals surface area contributed by atoms with Crippen molar-refractivity contribution in [2.24, 2.45) is 0 Å². The fourth-order valence-electron chi connectivity index (χ4n) is 1.48. The zero-order chi connectivity index (χ0) is 10.1. The molecule has 0 aromatic carbocycles. The van der Waals surface area contributed by atoms with Gasteiger partial charge in [0.2, 0.25) is 5.91 Å². The molecule has 1 aromatic heterocycles. The maximum absolute atomic E-state index is 13.3. The Bertz CT molecular complexity index is 372. The number of carbonyl (C=O) groups is 1. The van der Waals surface area contributed by atoms with Crippen LogP contribution in [0.1, 0.15) is 6.42 Å². The molecule has 0 N–H and O–H groups in total. The van der Waals surface area contributed by atoms with E-state index in [0.29, 0.717) is 18.7 Å². The molecule has 1 aliphatic rings. The number of alkyl halides is 1. The highest BCUT2D eigenvalue weighted by atomic mass is 79.9. The SMILES string of the molecule is O=C1CC(Br)CN1c1ccncc1F. The average molecular weight is 259 g/mol. The molecule has 1 amide bonds. The highest BCUT2D eigenvalue weighted by molar-refractivity contribution is 9.09. The van der Waals surface area contributed by atoms with Gasteiger partial charge in [0.15, 0.2) is 5.82 Å². The lowest BCUT2D eigenvalue weighted by Gasteiger charge is -2.15. The predicted molar refractivity (Wildman–Crippen MR) is 53.9 cm³/mol. The number of hydrogen-bond acceptors (Lipinski definition) is 2. The van der Waals surface area contributed by atoms with E-state index in [0.717, 1.165) is 6.20 Å². The molecular formula is C9H8BrFN2O. The van der Waals surface area contributed by atoms with Crippen LogP contribution < -0.4 is 4.90 Å². The van der Waals surface area contributed by atoms with Crippen molar-refractivity contribution in [2.45, 2.75) is 11.2 Å².